The zero-order chi connectivity index (χ0) is 19.8. The molecule has 28 heavy (non-hydrogen) atoms. The lowest BCUT2D eigenvalue weighted by molar-refractivity contribution is -0.121. The molecular formula is C19H14F2N4O2S. The summed E-state index contributed by atoms with van der Waals surface area (Å²) in [7, 11) is 1.45. The lowest BCUT2D eigenvalue weighted by Gasteiger charge is -2.38. The van der Waals surface area contributed by atoms with Gasteiger partial charge in [0.25, 0.3) is 5.91 Å². The highest BCUT2D eigenvalue weighted by molar-refractivity contribution is 7.95. The smallest absolute Gasteiger partial charge is 0.308 e. The first-order chi connectivity index (χ1) is 13.5. The first kappa shape index (κ1) is 18.4. The Hall–Kier alpha value is -2.93. The first-order valence-electron chi connectivity index (χ1n) is 8.31. The van der Waals surface area contributed by atoms with Crippen LogP contribution in [0.15, 0.2) is 42.5 Å². The lowest BCUT2D eigenvalue weighted by atomic mass is 10.1. The van der Waals surface area contributed by atoms with Crippen LogP contribution in [0.1, 0.15) is 11.1 Å². The molecule has 2 aliphatic rings. The maximum Gasteiger partial charge on any atom is 0.332 e. The van der Waals surface area contributed by atoms with Gasteiger partial charge in [0.15, 0.2) is 11.6 Å². The molecule has 2 N–H and O–H groups in total. The summed E-state index contributed by atoms with van der Waals surface area (Å²) < 4.78 is 35.1. The van der Waals surface area contributed by atoms with Gasteiger partial charge in [0.1, 0.15) is 17.9 Å². The number of nitrogens with one attached hydrogen (secondary N) is 2. The summed E-state index contributed by atoms with van der Waals surface area (Å²) in [6, 6.07) is 9.37. The zero-order valence-corrected chi connectivity index (χ0v) is 15.4. The third kappa shape index (κ3) is 3.11. The van der Waals surface area contributed by atoms with E-state index in [0.29, 0.717) is 10.5 Å². The van der Waals surface area contributed by atoms with Crippen molar-refractivity contribution in [1.29, 1.82) is 0 Å². The number of anilines is 1. The standard InChI is InChI=1S/C19H14F2N4O2S/c1-24-17-15(22-28-23-17)18(26)25(19(24)27)16-13(20)9-12(10-14(16)21)8-7-11-5-3-2-4-6-11/h2-6,9-10,15,17,22-23H,1H3. The third-order valence-corrected chi connectivity index (χ3v) is 5.17. The van der Waals surface area contributed by atoms with Gasteiger partial charge >= 0.3 is 6.03 Å². The highest BCUT2D eigenvalue weighted by atomic mass is 32.2. The van der Waals surface area contributed by atoms with Gasteiger partial charge in [-0.3, -0.25) is 4.79 Å². The number of carbonyl (C=O) groups is 2. The molecular weight excluding hydrogens is 386 g/mol. The first-order valence-corrected chi connectivity index (χ1v) is 9.13. The summed E-state index contributed by atoms with van der Waals surface area (Å²) >= 11 is 1.05. The topological polar surface area (TPSA) is 64.7 Å². The van der Waals surface area contributed by atoms with Crippen molar-refractivity contribution in [3.63, 3.8) is 0 Å². The molecule has 4 rings (SSSR count). The molecule has 0 spiro atoms. The molecule has 2 heterocycles. The number of benzene rings is 2. The molecule has 3 amide bonds. The Morgan fingerprint density at radius 1 is 1.00 bits per heavy atom. The molecule has 142 valence electrons. The lowest BCUT2D eigenvalue weighted by Crippen LogP contribution is -2.66. The van der Waals surface area contributed by atoms with Crippen LogP contribution in [0.2, 0.25) is 0 Å². The van der Waals surface area contributed by atoms with Gasteiger partial charge in [-0.15, -0.1) is 0 Å². The van der Waals surface area contributed by atoms with Crippen molar-refractivity contribution in [3.05, 3.63) is 65.2 Å². The Labute approximate surface area is 164 Å². The number of nitrogens with zero attached hydrogens (tertiary/aromatic N) is 2. The van der Waals surface area contributed by atoms with Crippen molar-refractivity contribution >= 4 is 29.8 Å². The summed E-state index contributed by atoms with van der Waals surface area (Å²) in [5.74, 6) is 2.69. The SMILES string of the molecule is CN1C(=O)N(c2c(F)cc(C#Cc3ccccc3)cc2F)C(=O)C2NSNC21. The van der Waals surface area contributed by atoms with Gasteiger partial charge in [0, 0.05) is 30.3 Å². The predicted molar refractivity (Wildman–Crippen MR) is 101 cm³/mol. The molecule has 0 aromatic heterocycles. The number of likely N-dealkylation sites (N-methyl/N-ethyl adjacent to an activating group) is 1. The van der Waals surface area contributed by atoms with Crippen molar-refractivity contribution in [2.75, 3.05) is 11.9 Å². The number of urea groups is 1. The molecule has 2 fully saturated rings. The number of rotatable bonds is 1. The summed E-state index contributed by atoms with van der Waals surface area (Å²) in [6.07, 6.45) is -0.594. The van der Waals surface area contributed by atoms with E-state index in [0.717, 1.165) is 24.3 Å². The summed E-state index contributed by atoms with van der Waals surface area (Å²) in [5, 5.41) is 0. The van der Waals surface area contributed by atoms with E-state index >= 15 is 0 Å². The van der Waals surface area contributed by atoms with Gasteiger partial charge in [0.2, 0.25) is 0 Å². The Morgan fingerprint density at radius 3 is 2.32 bits per heavy atom. The Kier molecular flexibility index (Phi) is 4.77. The van der Waals surface area contributed by atoms with E-state index in [-0.39, 0.29) is 5.56 Å². The largest absolute Gasteiger partial charge is 0.332 e. The fourth-order valence-corrected chi connectivity index (χ4v) is 3.85. The minimum Gasteiger partial charge on any atom is -0.308 e. The van der Waals surface area contributed by atoms with E-state index in [4.69, 9.17) is 0 Å². The molecule has 0 radical (unpaired) electrons. The molecule has 0 aliphatic carbocycles. The van der Waals surface area contributed by atoms with Crippen LogP contribution < -0.4 is 14.3 Å². The van der Waals surface area contributed by atoms with Crippen LogP contribution in [-0.4, -0.2) is 36.1 Å². The number of fused-ring (bicyclic) bond motifs is 1. The Morgan fingerprint density at radius 2 is 1.64 bits per heavy atom. The van der Waals surface area contributed by atoms with E-state index in [1.54, 1.807) is 24.3 Å². The van der Waals surface area contributed by atoms with Gasteiger partial charge in [-0.05, 0) is 24.3 Å². The zero-order valence-electron chi connectivity index (χ0n) is 14.6. The molecule has 2 aliphatic heterocycles. The van der Waals surface area contributed by atoms with Crippen LogP contribution in [0.3, 0.4) is 0 Å². The van der Waals surface area contributed by atoms with Gasteiger partial charge in [-0.1, -0.05) is 30.0 Å². The van der Waals surface area contributed by atoms with E-state index in [2.05, 4.69) is 21.3 Å². The minimum absolute atomic E-state index is 0.0990. The second-order valence-corrected chi connectivity index (χ2v) is 6.91. The average molecular weight is 400 g/mol. The van der Waals surface area contributed by atoms with Gasteiger partial charge < -0.3 is 4.90 Å². The molecule has 2 unspecified atom stereocenters. The van der Waals surface area contributed by atoms with Gasteiger partial charge in [-0.2, -0.15) is 0 Å². The Balaban J connectivity index is 1.70. The highest BCUT2D eigenvalue weighted by Gasteiger charge is 2.49. The van der Waals surface area contributed by atoms with E-state index in [9.17, 15) is 18.4 Å². The molecule has 2 atom stereocenters. The van der Waals surface area contributed by atoms with Crippen molar-refractivity contribution in [1.82, 2.24) is 14.3 Å². The average Bonchev–Trinajstić information content (AvgIpc) is 3.18. The van der Waals surface area contributed by atoms with Crippen LogP contribution >= 0.6 is 12.1 Å². The van der Waals surface area contributed by atoms with Crippen molar-refractivity contribution in [2.45, 2.75) is 12.2 Å². The number of imide groups is 1. The number of hydrogen-bond donors (Lipinski definition) is 2. The summed E-state index contributed by atoms with van der Waals surface area (Å²) in [6.45, 7) is 0. The fourth-order valence-electron chi connectivity index (χ4n) is 3.01. The Bertz CT molecular complexity index is 999. The summed E-state index contributed by atoms with van der Waals surface area (Å²) in [5.41, 5.74) is 0.0879. The van der Waals surface area contributed by atoms with Crippen LogP contribution in [0.25, 0.3) is 0 Å². The van der Waals surface area contributed by atoms with Crippen LogP contribution in [0, 0.1) is 23.5 Å². The molecule has 0 bridgehead atoms. The van der Waals surface area contributed by atoms with E-state index in [1.165, 1.54) is 11.9 Å². The second kappa shape index (κ2) is 7.24. The maximum atomic E-state index is 14.7. The second-order valence-electron chi connectivity index (χ2n) is 6.23. The van der Waals surface area contributed by atoms with Crippen molar-refractivity contribution in [3.8, 4) is 11.8 Å². The number of carbonyl (C=O) groups excluding carboxylic acids is 2. The molecule has 2 aromatic rings. The normalized spacial score (nSPS) is 21.4. The van der Waals surface area contributed by atoms with Crippen molar-refractivity contribution < 1.29 is 18.4 Å². The minimum atomic E-state index is -1.04. The van der Waals surface area contributed by atoms with Gasteiger partial charge in [-0.25, -0.2) is 27.9 Å². The number of halogens is 2. The molecule has 2 aromatic carbocycles. The highest BCUT2D eigenvalue weighted by Crippen LogP contribution is 2.31. The van der Waals surface area contributed by atoms with Crippen molar-refractivity contribution in [2.24, 2.45) is 0 Å². The molecule has 6 nitrogen and oxygen atoms in total. The number of hydrogen-bond acceptors (Lipinski definition) is 5. The molecule has 2 saturated heterocycles. The predicted octanol–water partition coefficient (Wildman–Crippen LogP) is 2.21. The molecule has 0 saturated carbocycles. The van der Waals surface area contributed by atoms with Crippen LogP contribution in [-0.2, 0) is 4.79 Å². The fraction of sp³-hybridized carbons (Fsp3) is 0.158. The van der Waals surface area contributed by atoms with Gasteiger partial charge in [0.05, 0.1) is 0 Å². The quantitative estimate of drug-likeness (QED) is 0.568. The third-order valence-electron chi connectivity index (χ3n) is 4.44. The summed E-state index contributed by atoms with van der Waals surface area (Å²) in [4.78, 5) is 27.0. The maximum absolute atomic E-state index is 14.7. The van der Waals surface area contributed by atoms with E-state index in [1.807, 2.05) is 6.07 Å². The van der Waals surface area contributed by atoms with E-state index < -0.39 is 41.5 Å². The van der Waals surface area contributed by atoms with Crippen LogP contribution in [0.4, 0.5) is 19.3 Å². The van der Waals surface area contributed by atoms with Crippen LogP contribution in [0.5, 0.6) is 0 Å². The monoisotopic (exact) mass is 400 g/mol. The number of amides is 3. The molecule has 9 heteroatoms.